The van der Waals surface area contributed by atoms with E-state index in [1.54, 1.807) is 0 Å². The Morgan fingerprint density at radius 1 is 1.08 bits per heavy atom. The van der Waals surface area contributed by atoms with Crippen LogP contribution >= 0.6 is 34.8 Å². The zero-order valence-electron chi connectivity index (χ0n) is 12.3. The Labute approximate surface area is 152 Å². The largest absolute Gasteiger partial charge is 0.449 e. The third-order valence-electron chi connectivity index (χ3n) is 2.99. The van der Waals surface area contributed by atoms with Crippen molar-refractivity contribution in [3.05, 3.63) is 62.8 Å². The fraction of sp³-hybridized carbons (Fsp3) is 0.125. The van der Waals surface area contributed by atoms with Crippen molar-refractivity contribution in [2.75, 3.05) is 5.32 Å². The van der Waals surface area contributed by atoms with E-state index in [1.165, 1.54) is 31.2 Å². The number of esters is 1. The Balaban J connectivity index is 2.05. The number of hydrogen-bond acceptors (Lipinski definition) is 3. The molecule has 2 aromatic rings. The van der Waals surface area contributed by atoms with Gasteiger partial charge in [-0.1, -0.05) is 34.8 Å². The number of anilines is 1. The number of benzene rings is 2. The van der Waals surface area contributed by atoms with E-state index < -0.39 is 23.8 Å². The predicted molar refractivity (Wildman–Crippen MR) is 91.4 cm³/mol. The smallest absolute Gasteiger partial charge is 0.340 e. The average Bonchev–Trinajstić information content (AvgIpc) is 2.52. The monoisotopic (exact) mass is 389 g/mol. The van der Waals surface area contributed by atoms with Gasteiger partial charge in [-0.05, 0) is 43.3 Å². The number of carbonyl (C=O) groups is 2. The Morgan fingerprint density at radius 3 is 2.46 bits per heavy atom. The molecule has 126 valence electrons. The van der Waals surface area contributed by atoms with Crippen LogP contribution in [0.3, 0.4) is 0 Å². The number of ether oxygens (including phenoxy) is 1. The number of rotatable bonds is 4. The second-order valence-electron chi connectivity index (χ2n) is 4.79. The summed E-state index contributed by atoms with van der Waals surface area (Å²) in [5.74, 6) is -1.96. The van der Waals surface area contributed by atoms with E-state index >= 15 is 0 Å². The van der Waals surface area contributed by atoms with Crippen LogP contribution in [0.25, 0.3) is 0 Å². The standard InChI is InChI=1S/C16H11Cl3FNO3/c1-8(15(22)21-14-5-3-10(20)7-13(14)19)24-16(23)11-6-9(17)2-4-12(11)18/h2-8H,1H3,(H,21,22)/t8-/m0/s1. The zero-order chi connectivity index (χ0) is 17.9. The SMILES string of the molecule is C[C@H](OC(=O)c1cc(Cl)ccc1Cl)C(=O)Nc1ccc(F)cc1Cl. The van der Waals surface area contributed by atoms with Gasteiger partial charge < -0.3 is 10.1 Å². The summed E-state index contributed by atoms with van der Waals surface area (Å²) in [6.45, 7) is 1.38. The molecule has 0 aliphatic rings. The van der Waals surface area contributed by atoms with Gasteiger partial charge in [0.05, 0.1) is 21.3 Å². The van der Waals surface area contributed by atoms with Gasteiger partial charge in [-0.3, -0.25) is 4.79 Å². The van der Waals surface area contributed by atoms with Crippen molar-refractivity contribution in [2.45, 2.75) is 13.0 Å². The van der Waals surface area contributed by atoms with E-state index in [-0.39, 0.29) is 21.3 Å². The molecule has 1 atom stereocenters. The molecule has 0 fully saturated rings. The molecule has 1 N–H and O–H groups in total. The molecule has 0 aromatic heterocycles. The number of hydrogen-bond donors (Lipinski definition) is 1. The predicted octanol–water partition coefficient (Wildman–Crippen LogP) is 4.97. The third kappa shape index (κ3) is 4.60. The molecule has 8 heteroatoms. The van der Waals surface area contributed by atoms with Gasteiger partial charge in [0.25, 0.3) is 5.91 Å². The topological polar surface area (TPSA) is 55.4 Å². The Hall–Kier alpha value is -1.82. The lowest BCUT2D eigenvalue weighted by molar-refractivity contribution is -0.123. The second kappa shape index (κ2) is 7.83. The fourth-order valence-corrected chi connectivity index (χ4v) is 2.34. The molecule has 2 rings (SSSR count). The van der Waals surface area contributed by atoms with E-state index in [2.05, 4.69) is 5.32 Å². The van der Waals surface area contributed by atoms with E-state index in [4.69, 9.17) is 39.5 Å². The summed E-state index contributed by atoms with van der Waals surface area (Å²) < 4.78 is 18.0. The van der Waals surface area contributed by atoms with Crippen molar-refractivity contribution >= 4 is 52.4 Å². The summed E-state index contributed by atoms with van der Waals surface area (Å²) in [6.07, 6.45) is -1.13. The van der Waals surface area contributed by atoms with Crippen LogP contribution in [0.2, 0.25) is 15.1 Å². The lowest BCUT2D eigenvalue weighted by Crippen LogP contribution is -2.30. The minimum atomic E-state index is -1.13. The highest BCUT2D eigenvalue weighted by molar-refractivity contribution is 6.35. The Morgan fingerprint density at radius 2 is 1.79 bits per heavy atom. The molecule has 1 amide bonds. The van der Waals surface area contributed by atoms with Crippen LogP contribution < -0.4 is 5.32 Å². The first kappa shape index (κ1) is 18.5. The van der Waals surface area contributed by atoms with Gasteiger partial charge in [0.15, 0.2) is 6.10 Å². The van der Waals surface area contributed by atoms with Crippen molar-refractivity contribution in [1.82, 2.24) is 0 Å². The van der Waals surface area contributed by atoms with Crippen molar-refractivity contribution in [1.29, 1.82) is 0 Å². The van der Waals surface area contributed by atoms with Gasteiger partial charge >= 0.3 is 5.97 Å². The molecule has 0 bridgehead atoms. The van der Waals surface area contributed by atoms with Crippen LogP contribution in [-0.4, -0.2) is 18.0 Å². The molecule has 0 unspecified atom stereocenters. The van der Waals surface area contributed by atoms with Gasteiger partial charge in [0, 0.05) is 5.02 Å². The minimum Gasteiger partial charge on any atom is -0.449 e. The maximum Gasteiger partial charge on any atom is 0.340 e. The molecule has 4 nitrogen and oxygen atoms in total. The molecule has 0 heterocycles. The maximum absolute atomic E-state index is 13.0. The summed E-state index contributed by atoms with van der Waals surface area (Å²) in [4.78, 5) is 24.1. The quantitative estimate of drug-likeness (QED) is 0.750. The number of amides is 1. The normalized spacial score (nSPS) is 11.7. The highest BCUT2D eigenvalue weighted by atomic mass is 35.5. The second-order valence-corrected chi connectivity index (χ2v) is 6.04. The summed E-state index contributed by atoms with van der Waals surface area (Å²) in [5.41, 5.74) is 0.246. The lowest BCUT2D eigenvalue weighted by Gasteiger charge is -2.15. The summed E-state index contributed by atoms with van der Waals surface area (Å²) in [5, 5.41) is 2.93. The molecule has 0 saturated heterocycles. The van der Waals surface area contributed by atoms with Crippen molar-refractivity contribution in [3.8, 4) is 0 Å². The Kier molecular flexibility index (Phi) is 6.04. The Bertz CT molecular complexity index is 798. The zero-order valence-corrected chi connectivity index (χ0v) is 14.5. The van der Waals surface area contributed by atoms with Crippen LogP contribution in [0.4, 0.5) is 10.1 Å². The maximum atomic E-state index is 13.0. The number of halogens is 4. The summed E-state index contributed by atoms with van der Waals surface area (Å²) >= 11 is 17.5. The van der Waals surface area contributed by atoms with Gasteiger partial charge in [-0.2, -0.15) is 0 Å². The first-order valence-electron chi connectivity index (χ1n) is 6.70. The molecule has 0 radical (unpaired) electrons. The average molecular weight is 391 g/mol. The molecule has 0 saturated carbocycles. The van der Waals surface area contributed by atoms with Gasteiger partial charge in [-0.15, -0.1) is 0 Å². The van der Waals surface area contributed by atoms with E-state index in [0.717, 1.165) is 12.1 Å². The molecule has 0 aliphatic heterocycles. The fourth-order valence-electron chi connectivity index (χ4n) is 1.76. The van der Waals surface area contributed by atoms with Crippen LogP contribution in [0.15, 0.2) is 36.4 Å². The van der Waals surface area contributed by atoms with Crippen LogP contribution in [0.5, 0.6) is 0 Å². The van der Waals surface area contributed by atoms with Crippen LogP contribution in [-0.2, 0) is 9.53 Å². The minimum absolute atomic E-state index is 0.0276. The lowest BCUT2D eigenvalue weighted by atomic mass is 10.2. The van der Waals surface area contributed by atoms with E-state index in [9.17, 15) is 14.0 Å². The molecular weight excluding hydrogens is 380 g/mol. The molecule has 24 heavy (non-hydrogen) atoms. The van der Waals surface area contributed by atoms with Crippen molar-refractivity contribution < 1.29 is 18.7 Å². The van der Waals surface area contributed by atoms with Gasteiger partial charge in [-0.25, -0.2) is 9.18 Å². The summed E-state index contributed by atoms with van der Waals surface area (Å²) in [6, 6.07) is 7.81. The first-order chi connectivity index (χ1) is 11.3. The van der Waals surface area contributed by atoms with Gasteiger partial charge in [0.2, 0.25) is 0 Å². The van der Waals surface area contributed by atoms with E-state index in [0.29, 0.717) is 5.02 Å². The highest BCUT2D eigenvalue weighted by Gasteiger charge is 2.21. The molecule has 0 spiro atoms. The molecular formula is C16H11Cl3FNO3. The number of carbonyl (C=O) groups excluding carboxylic acids is 2. The highest BCUT2D eigenvalue weighted by Crippen LogP contribution is 2.24. The number of nitrogens with one attached hydrogen (secondary N) is 1. The molecule has 2 aromatic carbocycles. The summed E-state index contributed by atoms with van der Waals surface area (Å²) in [7, 11) is 0. The van der Waals surface area contributed by atoms with Crippen molar-refractivity contribution in [2.24, 2.45) is 0 Å². The van der Waals surface area contributed by atoms with Gasteiger partial charge in [0.1, 0.15) is 5.82 Å². The third-order valence-corrected chi connectivity index (χ3v) is 3.87. The van der Waals surface area contributed by atoms with Crippen LogP contribution in [0, 0.1) is 5.82 Å². The molecule has 0 aliphatic carbocycles. The first-order valence-corrected chi connectivity index (χ1v) is 7.83. The van der Waals surface area contributed by atoms with E-state index in [1.807, 2.05) is 0 Å². The van der Waals surface area contributed by atoms with Crippen LogP contribution in [0.1, 0.15) is 17.3 Å². The van der Waals surface area contributed by atoms with Crippen molar-refractivity contribution in [3.63, 3.8) is 0 Å².